The molecule has 2 nitrogen and oxygen atoms in total. The predicted molar refractivity (Wildman–Crippen MR) is 73.4 cm³/mol. The summed E-state index contributed by atoms with van der Waals surface area (Å²) in [5.74, 6) is 0. The van der Waals surface area contributed by atoms with Crippen molar-refractivity contribution in [3.8, 4) is 0 Å². The highest BCUT2D eigenvalue weighted by Crippen LogP contribution is 2.19. The first-order valence-electron chi connectivity index (χ1n) is 5.42. The van der Waals surface area contributed by atoms with E-state index in [2.05, 4.69) is 27.0 Å². The summed E-state index contributed by atoms with van der Waals surface area (Å²) in [5, 5.41) is 8.54. The average Bonchev–Trinajstić information content (AvgIpc) is 2.26. The van der Waals surface area contributed by atoms with E-state index >= 15 is 0 Å². The number of thioether (sulfide) groups is 1. The molecule has 0 aliphatic heterocycles. The maximum absolute atomic E-state index is 11.2. The van der Waals surface area contributed by atoms with Crippen LogP contribution in [0, 0.1) is 0 Å². The molecule has 92 valence electrons. The number of rotatable bonds is 6. The standard InChI is InChI=1S/C10H14O2S.C3H8/c1-3-6-9(4-2)13-10(12)7-5-8-11;1-3-2/h3-4,6,11H,1-2,5,7-8H2;3H2,1-2H3/b9-6+;. The van der Waals surface area contributed by atoms with E-state index in [9.17, 15) is 4.79 Å². The predicted octanol–water partition coefficient (Wildman–Crippen LogP) is 3.69. The van der Waals surface area contributed by atoms with E-state index in [4.69, 9.17) is 5.11 Å². The van der Waals surface area contributed by atoms with E-state index in [1.54, 1.807) is 18.2 Å². The van der Waals surface area contributed by atoms with E-state index in [-0.39, 0.29) is 11.7 Å². The molecule has 0 aliphatic rings. The van der Waals surface area contributed by atoms with Gasteiger partial charge >= 0.3 is 0 Å². The van der Waals surface area contributed by atoms with Crippen molar-refractivity contribution in [3.05, 3.63) is 36.3 Å². The number of allylic oxidation sites excluding steroid dienone is 3. The molecule has 0 amide bonds. The molecule has 0 aromatic rings. The Morgan fingerprint density at radius 3 is 2.31 bits per heavy atom. The van der Waals surface area contributed by atoms with Crippen LogP contribution in [0.25, 0.3) is 0 Å². The van der Waals surface area contributed by atoms with Crippen LogP contribution in [0.5, 0.6) is 0 Å². The summed E-state index contributed by atoms with van der Waals surface area (Å²) in [6.45, 7) is 11.4. The first-order chi connectivity index (χ1) is 7.65. The molecule has 0 saturated carbocycles. The van der Waals surface area contributed by atoms with E-state index in [0.717, 1.165) is 16.7 Å². The Bertz CT molecular complexity index is 232. The fourth-order valence-electron chi connectivity index (χ4n) is 0.666. The van der Waals surface area contributed by atoms with E-state index in [0.29, 0.717) is 12.8 Å². The lowest BCUT2D eigenvalue weighted by molar-refractivity contribution is -0.111. The van der Waals surface area contributed by atoms with Gasteiger partial charge in [-0.1, -0.05) is 57.3 Å². The van der Waals surface area contributed by atoms with Gasteiger partial charge in [-0.2, -0.15) is 0 Å². The van der Waals surface area contributed by atoms with Gasteiger partial charge in [0.25, 0.3) is 0 Å². The van der Waals surface area contributed by atoms with Crippen LogP contribution in [0.15, 0.2) is 36.3 Å². The molecule has 0 radical (unpaired) electrons. The summed E-state index contributed by atoms with van der Waals surface area (Å²) in [6.07, 6.45) is 7.12. The molecule has 3 heteroatoms. The van der Waals surface area contributed by atoms with E-state index in [1.807, 2.05) is 0 Å². The molecule has 0 aliphatic carbocycles. The number of hydrogen-bond acceptors (Lipinski definition) is 3. The Hall–Kier alpha value is -0.800. The van der Waals surface area contributed by atoms with Crippen molar-refractivity contribution < 1.29 is 9.90 Å². The zero-order chi connectivity index (χ0) is 12.8. The molecule has 0 heterocycles. The van der Waals surface area contributed by atoms with Crippen LogP contribution >= 0.6 is 11.8 Å². The molecule has 16 heavy (non-hydrogen) atoms. The monoisotopic (exact) mass is 242 g/mol. The van der Waals surface area contributed by atoms with Gasteiger partial charge in [0.1, 0.15) is 0 Å². The van der Waals surface area contributed by atoms with Crippen molar-refractivity contribution in [2.45, 2.75) is 33.1 Å². The van der Waals surface area contributed by atoms with Gasteiger partial charge in [0.15, 0.2) is 5.12 Å². The Kier molecular flexibility index (Phi) is 15.6. The molecule has 0 aromatic carbocycles. The molecule has 1 N–H and O–H groups in total. The van der Waals surface area contributed by atoms with Crippen LogP contribution < -0.4 is 0 Å². The van der Waals surface area contributed by atoms with Crippen molar-refractivity contribution in [3.63, 3.8) is 0 Å². The van der Waals surface area contributed by atoms with Crippen LogP contribution in [-0.4, -0.2) is 16.8 Å². The molecule has 0 spiro atoms. The fraction of sp³-hybridized carbons (Fsp3) is 0.462. The van der Waals surface area contributed by atoms with Gasteiger partial charge in [0.05, 0.1) is 0 Å². The van der Waals surface area contributed by atoms with Crippen LogP contribution in [0.3, 0.4) is 0 Å². The zero-order valence-corrected chi connectivity index (χ0v) is 11.1. The normalized spacial score (nSPS) is 10.1. The summed E-state index contributed by atoms with van der Waals surface area (Å²) >= 11 is 1.13. The lowest BCUT2D eigenvalue weighted by atomic mass is 10.3. The minimum atomic E-state index is 0.0436. The molecular formula is C13H22O2S. The van der Waals surface area contributed by atoms with Crippen molar-refractivity contribution in [2.75, 3.05) is 6.61 Å². The Morgan fingerprint density at radius 2 is 1.94 bits per heavy atom. The third-order valence-corrected chi connectivity index (χ3v) is 2.22. The fourth-order valence-corrected chi connectivity index (χ4v) is 1.42. The van der Waals surface area contributed by atoms with Gasteiger partial charge in [-0.05, 0) is 12.5 Å². The zero-order valence-electron chi connectivity index (χ0n) is 10.2. The average molecular weight is 242 g/mol. The maximum Gasteiger partial charge on any atom is 0.193 e. The van der Waals surface area contributed by atoms with Crippen LogP contribution in [0.2, 0.25) is 0 Å². The van der Waals surface area contributed by atoms with Crippen molar-refractivity contribution in [2.24, 2.45) is 0 Å². The van der Waals surface area contributed by atoms with Gasteiger partial charge in [-0.25, -0.2) is 0 Å². The van der Waals surface area contributed by atoms with Crippen molar-refractivity contribution >= 4 is 16.9 Å². The highest BCUT2D eigenvalue weighted by atomic mass is 32.2. The van der Waals surface area contributed by atoms with Gasteiger partial charge in [-0.3, -0.25) is 4.79 Å². The molecule has 0 saturated heterocycles. The SMILES string of the molecule is C=C/C=C(\C=C)SC(=O)CCCO.CCC. The summed E-state index contributed by atoms with van der Waals surface area (Å²) in [6, 6.07) is 0. The summed E-state index contributed by atoms with van der Waals surface area (Å²) in [4.78, 5) is 12.0. The smallest absolute Gasteiger partial charge is 0.193 e. The van der Waals surface area contributed by atoms with Crippen molar-refractivity contribution in [1.29, 1.82) is 0 Å². The number of hydrogen-bond donors (Lipinski definition) is 1. The highest BCUT2D eigenvalue weighted by Gasteiger charge is 2.03. The molecular weight excluding hydrogens is 220 g/mol. The first kappa shape index (κ1) is 17.6. The third kappa shape index (κ3) is 13.2. The van der Waals surface area contributed by atoms with Crippen LogP contribution in [-0.2, 0) is 4.79 Å². The van der Waals surface area contributed by atoms with Gasteiger partial charge in [-0.15, -0.1) is 0 Å². The number of aliphatic hydroxyl groups is 1. The second-order valence-corrected chi connectivity index (χ2v) is 4.15. The minimum absolute atomic E-state index is 0.0436. The third-order valence-electron chi connectivity index (χ3n) is 1.25. The molecule has 0 bridgehead atoms. The largest absolute Gasteiger partial charge is 0.396 e. The molecule has 0 aromatic heterocycles. The van der Waals surface area contributed by atoms with Crippen LogP contribution in [0.1, 0.15) is 33.1 Å². The van der Waals surface area contributed by atoms with Gasteiger partial charge in [0, 0.05) is 17.9 Å². The number of carbonyl (C=O) groups excluding carboxylic acids is 1. The van der Waals surface area contributed by atoms with Gasteiger partial charge < -0.3 is 5.11 Å². The first-order valence-corrected chi connectivity index (χ1v) is 6.24. The Balaban J connectivity index is 0. The summed E-state index contributed by atoms with van der Waals surface area (Å²) < 4.78 is 0. The van der Waals surface area contributed by atoms with Gasteiger partial charge in [0.2, 0.25) is 0 Å². The second kappa shape index (κ2) is 14.2. The molecule has 0 unspecified atom stereocenters. The quantitative estimate of drug-likeness (QED) is 0.722. The Labute approximate surface area is 103 Å². The summed E-state index contributed by atoms with van der Waals surface area (Å²) in [5.41, 5.74) is 0. The molecule has 0 fully saturated rings. The Morgan fingerprint density at radius 1 is 1.38 bits per heavy atom. The lowest BCUT2D eigenvalue weighted by Crippen LogP contribution is -1.93. The number of aliphatic hydroxyl groups excluding tert-OH is 1. The van der Waals surface area contributed by atoms with E-state index < -0.39 is 0 Å². The van der Waals surface area contributed by atoms with E-state index in [1.165, 1.54) is 6.42 Å². The van der Waals surface area contributed by atoms with Crippen molar-refractivity contribution in [1.82, 2.24) is 0 Å². The minimum Gasteiger partial charge on any atom is -0.396 e. The van der Waals surface area contributed by atoms with Crippen LogP contribution in [0.4, 0.5) is 0 Å². The molecule has 0 atom stereocenters. The molecule has 0 rings (SSSR count). The second-order valence-electron chi connectivity index (χ2n) is 3.02. The number of carbonyl (C=O) groups is 1. The maximum atomic E-state index is 11.2. The summed E-state index contributed by atoms with van der Waals surface area (Å²) in [7, 11) is 0. The topological polar surface area (TPSA) is 37.3 Å². The lowest BCUT2D eigenvalue weighted by Gasteiger charge is -1.98. The highest BCUT2D eigenvalue weighted by molar-refractivity contribution is 8.17.